The molecule has 3 aliphatic rings. The molecule has 3 aliphatic carbocycles. The van der Waals surface area contributed by atoms with Gasteiger partial charge in [0.05, 0.1) is 6.10 Å². The molecular formula is C19H30O5. The van der Waals surface area contributed by atoms with E-state index in [4.69, 9.17) is 9.47 Å². The number of hydrogen-bond donors (Lipinski definition) is 1. The van der Waals surface area contributed by atoms with Gasteiger partial charge in [0.1, 0.15) is 0 Å². The van der Waals surface area contributed by atoms with E-state index in [0.29, 0.717) is 5.92 Å². The van der Waals surface area contributed by atoms with Crippen LogP contribution in [0.5, 0.6) is 0 Å². The van der Waals surface area contributed by atoms with Crippen molar-refractivity contribution in [3.05, 3.63) is 0 Å². The molecule has 3 fully saturated rings. The Morgan fingerprint density at radius 1 is 1.08 bits per heavy atom. The maximum Gasteiger partial charge on any atom is 0.325 e. The number of carboxylic acids is 1. The zero-order valence-corrected chi connectivity index (χ0v) is 15.2. The Morgan fingerprint density at radius 3 is 2.38 bits per heavy atom. The van der Waals surface area contributed by atoms with Gasteiger partial charge in [-0.1, -0.05) is 20.3 Å². The number of hydrogen-bond acceptors (Lipinski definition) is 4. The summed E-state index contributed by atoms with van der Waals surface area (Å²) in [5.41, 5.74) is -1.55. The summed E-state index contributed by atoms with van der Waals surface area (Å²) in [5.74, 6) is 1.13. The van der Waals surface area contributed by atoms with Crippen LogP contribution in [-0.2, 0) is 19.1 Å². The molecule has 6 atom stereocenters. The first-order chi connectivity index (χ1) is 11.2. The highest BCUT2D eigenvalue weighted by Crippen LogP contribution is 2.59. The predicted molar refractivity (Wildman–Crippen MR) is 88.1 cm³/mol. The van der Waals surface area contributed by atoms with E-state index in [2.05, 4.69) is 0 Å². The summed E-state index contributed by atoms with van der Waals surface area (Å²) in [6.07, 6.45) is 5.82. The van der Waals surface area contributed by atoms with Crippen LogP contribution in [0.4, 0.5) is 0 Å². The Kier molecular flexibility index (Phi) is 4.67. The molecule has 0 aromatic carbocycles. The molecular weight excluding hydrogens is 308 g/mol. The SMILES string of the molecule is CC(C)C(OC(=O)C(C)(C)C(=O)O)OC1CC2CC1C1CCCC21. The average Bonchev–Trinajstić information content (AvgIpc) is 3.18. The van der Waals surface area contributed by atoms with E-state index in [1.807, 2.05) is 13.8 Å². The smallest absolute Gasteiger partial charge is 0.325 e. The van der Waals surface area contributed by atoms with Crippen molar-refractivity contribution in [2.24, 2.45) is 35.0 Å². The van der Waals surface area contributed by atoms with Gasteiger partial charge >= 0.3 is 11.9 Å². The molecule has 136 valence electrons. The number of carbonyl (C=O) groups is 2. The van der Waals surface area contributed by atoms with E-state index in [-0.39, 0.29) is 12.0 Å². The second kappa shape index (κ2) is 6.32. The Balaban J connectivity index is 1.63. The van der Waals surface area contributed by atoms with Crippen LogP contribution in [0.1, 0.15) is 59.8 Å². The van der Waals surface area contributed by atoms with E-state index in [1.54, 1.807) is 0 Å². The third kappa shape index (κ3) is 2.96. The van der Waals surface area contributed by atoms with Gasteiger partial charge in [-0.15, -0.1) is 0 Å². The first kappa shape index (κ1) is 17.7. The number of rotatable bonds is 6. The summed E-state index contributed by atoms with van der Waals surface area (Å²) in [4.78, 5) is 23.5. The number of aliphatic carboxylic acids is 1. The van der Waals surface area contributed by atoms with Crippen LogP contribution >= 0.6 is 0 Å². The molecule has 6 unspecified atom stereocenters. The molecule has 0 saturated heterocycles. The van der Waals surface area contributed by atoms with E-state index in [1.165, 1.54) is 39.5 Å². The normalized spacial score (nSPS) is 36.0. The summed E-state index contributed by atoms with van der Waals surface area (Å²) in [6.45, 7) is 6.63. The molecule has 3 saturated carbocycles. The molecule has 0 aromatic heterocycles. The maximum absolute atomic E-state index is 12.3. The van der Waals surface area contributed by atoms with Crippen molar-refractivity contribution in [3.63, 3.8) is 0 Å². The van der Waals surface area contributed by atoms with Crippen LogP contribution in [0.2, 0.25) is 0 Å². The van der Waals surface area contributed by atoms with Crippen molar-refractivity contribution in [1.82, 2.24) is 0 Å². The molecule has 0 aliphatic heterocycles. The van der Waals surface area contributed by atoms with Crippen molar-refractivity contribution in [1.29, 1.82) is 0 Å². The lowest BCUT2D eigenvalue weighted by atomic mass is 9.80. The monoisotopic (exact) mass is 338 g/mol. The minimum absolute atomic E-state index is 0.00273. The molecule has 24 heavy (non-hydrogen) atoms. The van der Waals surface area contributed by atoms with Gasteiger partial charge in [-0.25, -0.2) is 0 Å². The standard InChI is InChI=1S/C19H30O5/c1-10(2)16(24-18(22)19(3,4)17(20)21)23-15-9-11-8-14(15)13-7-5-6-12(11)13/h10-16H,5-9H2,1-4H3,(H,20,21). The lowest BCUT2D eigenvalue weighted by Crippen LogP contribution is -2.42. The van der Waals surface area contributed by atoms with Crippen molar-refractivity contribution in [3.8, 4) is 0 Å². The first-order valence-corrected chi connectivity index (χ1v) is 9.31. The molecule has 0 heterocycles. The van der Waals surface area contributed by atoms with Crippen molar-refractivity contribution < 1.29 is 24.2 Å². The Labute approximate surface area is 144 Å². The Bertz CT molecular complexity index is 512. The van der Waals surface area contributed by atoms with Gasteiger partial charge in [0, 0.05) is 5.92 Å². The molecule has 0 amide bonds. The number of esters is 1. The molecule has 1 N–H and O–H groups in total. The highest BCUT2D eigenvalue weighted by molar-refractivity contribution is 5.98. The first-order valence-electron chi connectivity index (χ1n) is 9.31. The van der Waals surface area contributed by atoms with E-state index in [9.17, 15) is 14.7 Å². The molecule has 0 radical (unpaired) electrons. The predicted octanol–water partition coefficient (Wildman–Crippen LogP) is 3.46. The van der Waals surface area contributed by atoms with Gasteiger partial charge in [0.25, 0.3) is 0 Å². The molecule has 3 rings (SSSR count). The van der Waals surface area contributed by atoms with E-state index in [0.717, 1.165) is 24.2 Å². The van der Waals surface area contributed by atoms with Gasteiger partial charge in [-0.05, 0) is 63.2 Å². The largest absolute Gasteiger partial charge is 0.480 e. The van der Waals surface area contributed by atoms with Crippen LogP contribution in [0, 0.1) is 35.0 Å². The van der Waals surface area contributed by atoms with Crippen molar-refractivity contribution in [2.45, 2.75) is 72.2 Å². The van der Waals surface area contributed by atoms with Gasteiger partial charge in [-0.3, -0.25) is 9.59 Å². The van der Waals surface area contributed by atoms with Crippen molar-refractivity contribution >= 4 is 11.9 Å². The number of carbonyl (C=O) groups excluding carboxylic acids is 1. The van der Waals surface area contributed by atoms with Crippen molar-refractivity contribution in [2.75, 3.05) is 0 Å². The zero-order chi connectivity index (χ0) is 17.6. The highest BCUT2D eigenvalue weighted by Gasteiger charge is 2.55. The quantitative estimate of drug-likeness (QED) is 0.456. The van der Waals surface area contributed by atoms with Gasteiger partial charge in [0.2, 0.25) is 6.29 Å². The van der Waals surface area contributed by atoms with E-state index < -0.39 is 23.6 Å². The third-order valence-electron chi connectivity index (χ3n) is 6.49. The van der Waals surface area contributed by atoms with Crippen LogP contribution in [0.15, 0.2) is 0 Å². The van der Waals surface area contributed by atoms with Crippen LogP contribution in [0.3, 0.4) is 0 Å². The van der Waals surface area contributed by atoms with Crippen LogP contribution < -0.4 is 0 Å². The number of fused-ring (bicyclic) bond motifs is 5. The fourth-order valence-corrected chi connectivity index (χ4v) is 5.00. The molecule has 0 aromatic rings. The number of carboxylic acid groups (broad SMARTS) is 1. The zero-order valence-electron chi connectivity index (χ0n) is 15.2. The minimum atomic E-state index is -1.55. The highest BCUT2D eigenvalue weighted by atomic mass is 16.7. The summed E-state index contributed by atoms with van der Waals surface area (Å²) in [6, 6.07) is 0. The molecule has 5 heteroatoms. The van der Waals surface area contributed by atoms with Crippen LogP contribution in [-0.4, -0.2) is 29.4 Å². The molecule has 5 nitrogen and oxygen atoms in total. The average molecular weight is 338 g/mol. The fourth-order valence-electron chi connectivity index (χ4n) is 5.00. The second-order valence-electron chi connectivity index (χ2n) is 8.78. The topological polar surface area (TPSA) is 72.8 Å². The molecule has 2 bridgehead atoms. The Hall–Kier alpha value is -1.10. The third-order valence-corrected chi connectivity index (χ3v) is 6.49. The van der Waals surface area contributed by atoms with E-state index >= 15 is 0 Å². The summed E-state index contributed by atoms with van der Waals surface area (Å²) in [5, 5.41) is 9.19. The number of ether oxygens (including phenoxy) is 2. The van der Waals surface area contributed by atoms with Crippen LogP contribution in [0.25, 0.3) is 0 Å². The second-order valence-corrected chi connectivity index (χ2v) is 8.78. The fraction of sp³-hybridized carbons (Fsp3) is 0.895. The Morgan fingerprint density at radius 2 is 1.75 bits per heavy atom. The summed E-state index contributed by atoms with van der Waals surface area (Å²) < 4.78 is 11.7. The molecule has 0 spiro atoms. The lowest BCUT2D eigenvalue weighted by Gasteiger charge is -2.35. The minimum Gasteiger partial charge on any atom is -0.480 e. The lowest BCUT2D eigenvalue weighted by molar-refractivity contribution is -0.218. The van der Waals surface area contributed by atoms with Gasteiger partial charge < -0.3 is 14.6 Å². The van der Waals surface area contributed by atoms with Gasteiger partial charge in [-0.2, -0.15) is 0 Å². The summed E-state index contributed by atoms with van der Waals surface area (Å²) >= 11 is 0. The maximum atomic E-state index is 12.3. The van der Waals surface area contributed by atoms with Gasteiger partial charge in [0.15, 0.2) is 5.41 Å². The summed E-state index contributed by atoms with van der Waals surface area (Å²) in [7, 11) is 0.